The first-order valence-electron chi connectivity index (χ1n) is 5.40. The second-order valence-electron chi connectivity index (χ2n) is 5.22. The molecule has 18 heavy (non-hydrogen) atoms. The second kappa shape index (κ2) is 6.15. The van der Waals surface area contributed by atoms with Crippen molar-refractivity contribution in [3.8, 4) is 0 Å². The summed E-state index contributed by atoms with van der Waals surface area (Å²) in [5.41, 5.74) is -1.24. The number of aromatic nitrogens is 3. The van der Waals surface area contributed by atoms with Gasteiger partial charge in [-0.1, -0.05) is 36.7 Å². The van der Waals surface area contributed by atoms with Crippen LogP contribution in [-0.4, -0.2) is 25.5 Å². The van der Waals surface area contributed by atoms with E-state index in [0.29, 0.717) is 13.0 Å². The summed E-state index contributed by atoms with van der Waals surface area (Å²) in [5, 5.41) is 15.0. The predicted molar refractivity (Wildman–Crippen MR) is 82.9 cm³/mol. The third-order valence-electron chi connectivity index (χ3n) is 2.94. The molecule has 0 saturated carbocycles. The highest BCUT2D eigenvalue weighted by atomic mass is 79.9. The van der Waals surface area contributed by atoms with E-state index >= 15 is 0 Å². The van der Waals surface area contributed by atoms with Crippen molar-refractivity contribution >= 4 is 47.8 Å². The van der Waals surface area contributed by atoms with E-state index in [0.717, 1.165) is 7.87 Å². The van der Waals surface area contributed by atoms with Crippen LogP contribution in [0.5, 0.6) is 0 Å². The standard InChI is InChI=1S/C11H16Br3N3O/c1-10(2,3)11(18,4-8(12)9(13)14)5-17-7-15-6-16-17/h6-7,18H,4-5H2,1-3H3. The Morgan fingerprint density at radius 3 is 2.28 bits per heavy atom. The molecule has 1 aromatic rings. The maximum atomic E-state index is 10.9. The van der Waals surface area contributed by atoms with Gasteiger partial charge in [0.2, 0.25) is 0 Å². The number of hydrogen-bond acceptors (Lipinski definition) is 3. The molecule has 4 nitrogen and oxygen atoms in total. The van der Waals surface area contributed by atoms with E-state index < -0.39 is 5.60 Å². The minimum absolute atomic E-state index is 0.298. The first-order chi connectivity index (χ1) is 8.16. The topological polar surface area (TPSA) is 50.9 Å². The van der Waals surface area contributed by atoms with Gasteiger partial charge in [0.25, 0.3) is 0 Å². The van der Waals surface area contributed by atoms with Crippen LogP contribution in [-0.2, 0) is 6.54 Å². The highest BCUT2D eigenvalue weighted by molar-refractivity contribution is 9.29. The Morgan fingerprint density at radius 1 is 1.28 bits per heavy atom. The third-order valence-corrected chi connectivity index (χ3v) is 5.64. The lowest BCUT2D eigenvalue weighted by atomic mass is 9.74. The lowest BCUT2D eigenvalue weighted by molar-refractivity contribution is -0.0714. The Kier molecular flexibility index (Phi) is 5.58. The Hall–Kier alpha value is 0.280. The molecular formula is C11H16Br3N3O. The maximum absolute atomic E-state index is 10.9. The zero-order chi connectivity index (χ0) is 14.0. The predicted octanol–water partition coefficient (Wildman–Crippen LogP) is 3.80. The summed E-state index contributed by atoms with van der Waals surface area (Å²) < 4.78 is 3.32. The van der Waals surface area contributed by atoms with Crippen LogP contribution in [0.4, 0.5) is 0 Å². The van der Waals surface area contributed by atoms with E-state index in [1.165, 1.54) is 6.33 Å². The van der Waals surface area contributed by atoms with E-state index in [9.17, 15) is 5.11 Å². The average Bonchev–Trinajstić information content (AvgIpc) is 2.68. The molecule has 1 rings (SSSR count). The largest absolute Gasteiger partial charge is 0.387 e. The van der Waals surface area contributed by atoms with Gasteiger partial charge in [-0.15, -0.1) is 0 Å². The van der Waals surface area contributed by atoms with Gasteiger partial charge in [0.1, 0.15) is 12.7 Å². The maximum Gasteiger partial charge on any atom is 0.137 e. The fraction of sp³-hybridized carbons (Fsp3) is 0.636. The Bertz CT molecular complexity index is 421. The number of halogens is 3. The molecule has 0 fully saturated rings. The van der Waals surface area contributed by atoms with Crippen LogP contribution in [0, 0.1) is 5.41 Å². The molecule has 1 heterocycles. The molecule has 0 aliphatic heterocycles. The molecule has 1 aromatic heterocycles. The van der Waals surface area contributed by atoms with Gasteiger partial charge in [-0.05, 0) is 37.3 Å². The van der Waals surface area contributed by atoms with Gasteiger partial charge >= 0.3 is 0 Å². The van der Waals surface area contributed by atoms with Gasteiger partial charge in [0.15, 0.2) is 0 Å². The van der Waals surface area contributed by atoms with E-state index in [1.807, 2.05) is 20.8 Å². The van der Waals surface area contributed by atoms with Crippen LogP contribution in [0.2, 0.25) is 0 Å². The third kappa shape index (κ3) is 4.15. The number of hydrogen-bond donors (Lipinski definition) is 1. The van der Waals surface area contributed by atoms with Gasteiger partial charge in [-0.2, -0.15) is 5.10 Å². The van der Waals surface area contributed by atoms with E-state index in [1.54, 1.807) is 11.0 Å². The van der Waals surface area contributed by atoms with Crippen LogP contribution in [0.25, 0.3) is 0 Å². The molecule has 1 N–H and O–H groups in total. The second-order valence-corrected chi connectivity index (χ2v) is 8.82. The Balaban J connectivity index is 3.00. The van der Waals surface area contributed by atoms with E-state index in [2.05, 4.69) is 57.9 Å². The molecule has 0 aliphatic carbocycles. The van der Waals surface area contributed by atoms with Gasteiger partial charge in [0, 0.05) is 10.9 Å². The van der Waals surface area contributed by atoms with Crippen molar-refractivity contribution in [2.45, 2.75) is 39.3 Å². The summed E-state index contributed by atoms with van der Waals surface area (Å²) in [4.78, 5) is 3.90. The molecule has 102 valence electrons. The summed E-state index contributed by atoms with van der Waals surface area (Å²) in [6.07, 6.45) is 3.55. The summed E-state index contributed by atoms with van der Waals surface area (Å²) in [7, 11) is 0. The molecule has 1 atom stereocenters. The van der Waals surface area contributed by atoms with Gasteiger partial charge < -0.3 is 5.11 Å². The first-order valence-corrected chi connectivity index (χ1v) is 7.78. The van der Waals surface area contributed by atoms with Crippen molar-refractivity contribution in [3.05, 3.63) is 20.5 Å². The molecule has 0 radical (unpaired) electrons. The number of aliphatic hydroxyl groups is 1. The van der Waals surface area contributed by atoms with Crippen molar-refractivity contribution < 1.29 is 5.11 Å². The van der Waals surface area contributed by atoms with Crippen molar-refractivity contribution in [1.29, 1.82) is 0 Å². The lowest BCUT2D eigenvalue weighted by Crippen LogP contribution is -2.46. The summed E-state index contributed by atoms with van der Waals surface area (Å²) in [5.74, 6) is 0. The first kappa shape index (κ1) is 16.3. The summed E-state index contributed by atoms with van der Waals surface area (Å²) in [6.45, 7) is 6.41. The highest BCUT2D eigenvalue weighted by Gasteiger charge is 2.41. The normalized spacial score (nSPS) is 15.3. The highest BCUT2D eigenvalue weighted by Crippen LogP contribution is 2.40. The zero-order valence-electron chi connectivity index (χ0n) is 10.5. The molecule has 0 amide bonds. The molecule has 0 spiro atoms. The quantitative estimate of drug-likeness (QED) is 0.766. The monoisotopic (exact) mass is 443 g/mol. The fourth-order valence-electron chi connectivity index (χ4n) is 1.46. The molecule has 0 bridgehead atoms. The van der Waals surface area contributed by atoms with Crippen LogP contribution in [0.15, 0.2) is 20.5 Å². The van der Waals surface area contributed by atoms with Crippen molar-refractivity contribution in [1.82, 2.24) is 14.8 Å². The molecule has 0 aliphatic rings. The number of nitrogens with zero attached hydrogens (tertiary/aromatic N) is 3. The molecule has 1 unspecified atom stereocenters. The van der Waals surface area contributed by atoms with Crippen LogP contribution in [0.1, 0.15) is 27.2 Å². The van der Waals surface area contributed by atoms with Gasteiger partial charge in [0.05, 0.1) is 15.5 Å². The molecule has 0 aromatic carbocycles. The van der Waals surface area contributed by atoms with Crippen LogP contribution >= 0.6 is 47.8 Å². The fourth-order valence-corrected chi connectivity index (χ4v) is 2.21. The van der Waals surface area contributed by atoms with Crippen molar-refractivity contribution in [3.63, 3.8) is 0 Å². The van der Waals surface area contributed by atoms with E-state index in [-0.39, 0.29) is 5.41 Å². The lowest BCUT2D eigenvalue weighted by Gasteiger charge is -2.40. The van der Waals surface area contributed by atoms with Gasteiger partial charge in [-0.3, -0.25) is 4.68 Å². The molecule has 7 heteroatoms. The summed E-state index contributed by atoms with van der Waals surface area (Å²) >= 11 is 10.1. The van der Waals surface area contributed by atoms with Gasteiger partial charge in [-0.25, -0.2) is 4.98 Å². The number of rotatable bonds is 4. The van der Waals surface area contributed by atoms with Crippen LogP contribution < -0.4 is 0 Å². The van der Waals surface area contributed by atoms with E-state index in [4.69, 9.17) is 0 Å². The zero-order valence-corrected chi connectivity index (χ0v) is 15.2. The van der Waals surface area contributed by atoms with Crippen molar-refractivity contribution in [2.75, 3.05) is 0 Å². The van der Waals surface area contributed by atoms with Crippen LogP contribution in [0.3, 0.4) is 0 Å². The minimum Gasteiger partial charge on any atom is -0.387 e. The minimum atomic E-state index is -0.938. The van der Waals surface area contributed by atoms with Crippen molar-refractivity contribution in [2.24, 2.45) is 5.41 Å². The smallest absolute Gasteiger partial charge is 0.137 e. The average molecular weight is 446 g/mol. The Labute approximate surface area is 132 Å². The molecular weight excluding hydrogens is 430 g/mol. The molecule has 0 saturated heterocycles. The summed E-state index contributed by atoms with van der Waals surface area (Å²) in [6, 6.07) is 0. The SMILES string of the molecule is CC(C)(C)C(O)(CC(Br)=C(Br)Br)Cn1cncn1. The Morgan fingerprint density at radius 2 is 1.89 bits per heavy atom.